The van der Waals surface area contributed by atoms with Gasteiger partial charge in [-0.15, -0.1) is 11.8 Å². The second-order valence-electron chi connectivity index (χ2n) is 8.78. The van der Waals surface area contributed by atoms with Crippen LogP contribution < -0.4 is 4.74 Å². The molecule has 2 aliphatic rings. The van der Waals surface area contributed by atoms with Gasteiger partial charge in [-0.05, 0) is 47.7 Å². The Morgan fingerprint density at radius 2 is 1.79 bits per heavy atom. The van der Waals surface area contributed by atoms with Gasteiger partial charge in [-0.1, -0.05) is 30.3 Å². The highest BCUT2D eigenvalue weighted by Crippen LogP contribution is 2.36. The molecule has 5 rings (SSSR count). The molecule has 178 valence electrons. The van der Waals surface area contributed by atoms with E-state index in [-0.39, 0.29) is 23.0 Å². The molecule has 2 aliphatic heterocycles. The first-order valence-electron chi connectivity index (χ1n) is 11.7. The SMILES string of the molecule is COc1ccc(CN2C[C@H](Sc3ccc(F)cc3)C[C@H]2C(=O)N2CCOCC2)c2ccccc12. The van der Waals surface area contributed by atoms with Crippen LogP contribution in [0.3, 0.4) is 0 Å². The molecule has 0 saturated carbocycles. The van der Waals surface area contributed by atoms with Gasteiger partial charge in [-0.2, -0.15) is 0 Å². The van der Waals surface area contributed by atoms with Crippen molar-refractivity contribution >= 4 is 28.4 Å². The zero-order valence-corrected chi connectivity index (χ0v) is 20.1. The van der Waals surface area contributed by atoms with Crippen molar-refractivity contribution in [3.8, 4) is 5.75 Å². The van der Waals surface area contributed by atoms with Crippen molar-refractivity contribution < 1.29 is 18.7 Å². The molecule has 2 saturated heterocycles. The van der Waals surface area contributed by atoms with Crippen LogP contribution in [-0.4, -0.2) is 67.0 Å². The monoisotopic (exact) mass is 480 g/mol. The maximum Gasteiger partial charge on any atom is 0.240 e. The minimum Gasteiger partial charge on any atom is -0.496 e. The Bertz CT molecular complexity index is 1150. The molecule has 2 atom stereocenters. The zero-order valence-electron chi connectivity index (χ0n) is 19.3. The van der Waals surface area contributed by atoms with E-state index < -0.39 is 0 Å². The average Bonchev–Trinajstić information content (AvgIpc) is 3.27. The van der Waals surface area contributed by atoms with Crippen molar-refractivity contribution in [1.29, 1.82) is 0 Å². The highest BCUT2D eigenvalue weighted by molar-refractivity contribution is 8.00. The number of carbonyl (C=O) groups is 1. The minimum atomic E-state index is -0.232. The van der Waals surface area contributed by atoms with Crippen LogP contribution in [0.1, 0.15) is 12.0 Å². The highest BCUT2D eigenvalue weighted by Gasteiger charge is 2.39. The summed E-state index contributed by atoms with van der Waals surface area (Å²) < 4.78 is 24.4. The summed E-state index contributed by atoms with van der Waals surface area (Å²) in [6, 6.07) is 18.8. The third-order valence-electron chi connectivity index (χ3n) is 6.66. The fourth-order valence-electron chi connectivity index (χ4n) is 4.95. The Morgan fingerprint density at radius 3 is 2.53 bits per heavy atom. The summed E-state index contributed by atoms with van der Waals surface area (Å²) >= 11 is 1.73. The lowest BCUT2D eigenvalue weighted by atomic mass is 10.0. The van der Waals surface area contributed by atoms with Gasteiger partial charge in [-0.25, -0.2) is 4.39 Å². The summed E-state index contributed by atoms with van der Waals surface area (Å²) in [7, 11) is 1.69. The van der Waals surface area contributed by atoms with E-state index in [1.165, 1.54) is 17.7 Å². The number of hydrogen-bond donors (Lipinski definition) is 0. The molecule has 0 spiro atoms. The summed E-state index contributed by atoms with van der Waals surface area (Å²) in [5.41, 5.74) is 1.18. The number of fused-ring (bicyclic) bond motifs is 1. The van der Waals surface area contributed by atoms with E-state index in [0.717, 1.165) is 34.4 Å². The van der Waals surface area contributed by atoms with E-state index >= 15 is 0 Å². The van der Waals surface area contributed by atoms with Crippen molar-refractivity contribution in [3.05, 3.63) is 72.0 Å². The second kappa shape index (κ2) is 10.3. The number of benzene rings is 3. The number of thioether (sulfide) groups is 1. The molecule has 7 heteroatoms. The number of halogens is 1. The number of nitrogens with zero attached hydrogens (tertiary/aromatic N) is 2. The Balaban J connectivity index is 1.41. The molecule has 3 aromatic carbocycles. The first kappa shape index (κ1) is 23.1. The van der Waals surface area contributed by atoms with Crippen LogP contribution in [0, 0.1) is 5.82 Å². The first-order valence-corrected chi connectivity index (χ1v) is 12.6. The van der Waals surface area contributed by atoms with Gasteiger partial charge >= 0.3 is 0 Å². The van der Waals surface area contributed by atoms with Crippen molar-refractivity contribution in [3.63, 3.8) is 0 Å². The second-order valence-corrected chi connectivity index (χ2v) is 10.2. The molecule has 0 aliphatic carbocycles. The lowest BCUT2D eigenvalue weighted by Gasteiger charge is -2.32. The summed E-state index contributed by atoms with van der Waals surface area (Å²) in [5.74, 6) is 0.805. The molecule has 1 amide bonds. The van der Waals surface area contributed by atoms with Crippen LogP contribution in [0.4, 0.5) is 4.39 Å². The van der Waals surface area contributed by atoms with Gasteiger partial charge in [0.05, 0.1) is 26.4 Å². The Hall–Kier alpha value is -2.61. The fraction of sp³-hybridized carbons (Fsp3) is 0.370. The quantitative estimate of drug-likeness (QED) is 0.517. The molecular formula is C27H29FN2O3S. The van der Waals surface area contributed by atoms with Crippen LogP contribution in [-0.2, 0) is 16.1 Å². The van der Waals surface area contributed by atoms with Crippen LogP contribution in [0.25, 0.3) is 10.8 Å². The van der Waals surface area contributed by atoms with Crippen molar-refractivity contribution in [2.75, 3.05) is 40.0 Å². The molecule has 2 fully saturated rings. The molecule has 5 nitrogen and oxygen atoms in total. The van der Waals surface area contributed by atoms with E-state index in [1.807, 2.05) is 35.2 Å². The lowest BCUT2D eigenvalue weighted by molar-refractivity contribution is -0.140. The predicted octanol–water partition coefficient (Wildman–Crippen LogP) is 4.58. The van der Waals surface area contributed by atoms with E-state index in [9.17, 15) is 9.18 Å². The smallest absolute Gasteiger partial charge is 0.240 e. The molecular weight excluding hydrogens is 451 g/mol. The van der Waals surface area contributed by atoms with Crippen LogP contribution >= 0.6 is 11.8 Å². The van der Waals surface area contributed by atoms with Crippen LogP contribution in [0.2, 0.25) is 0 Å². The number of carbonyl (C=O) groups excluding carboxylic acids is 1. The maximum atomic E-state index is 13.6. The normalized spacial score (nSPS) is 21.2. The predicted molar refractivity (Wildman–Crippen MR) is 133 cm³/mol. The summed E-state index contributed by atoms with van der Waals surface area (Å²) in [5, 5.41) is 2.48. The lowest BCUT2D eigenvalue weighted by Crippen LogP contribution is -2.49. The Kier molecular flexibility index (Phi) is 7.04. The van der Waals surface area contributed by atoms with Gasteiger partial charge in [0.2, 0.25) is 5.91 Å². The van der Waals surface area contributed by atoms with Crippen molar-refractivity contribution in [1.82, 2.24) is 9.80 Å². The van der Waals surface area contributed by atoms with Crippen molar-refractivity contribution in [2.45, 2.75) is 29.2 Å². The number of methoxy groups -OCH3 is 1. The number of hydrogen-bond acceptors (Lipinski definition) is 5. The molecule has 0 bridgehead atoms. The topological polar surface area (TPSA) is 42.0 Å². The average molecular weight is 481 g/mol. The summed E-state index contributed by atoms with van der Waals surface area (Å²) in [6.45, 7) is 3.95. The number of rotatable bonds is 6. The minimum absolute atomic E-state index is 0.183. The molecule has 0 radical (unpaired) electrons. The van der Waals surface area contributed by atoms with Gasteiger partial charge in [0.1, 0.15) is 11.6 Å². The van der Waals surface area contributed by atoms with E-state index in [4.69, 9.17) is 9.47 Å². The van der Waals surface area contributed by atoms with Gasteiger partial charge in [0, 0.05) is 41.7 Å². The number of morpholine rings is 1. The third kappa shape index (κ3) is 4.92. The molecule has 0 unspecified atom stereocenters. The fourth-order valence-corrected chi connectivity index (χ4v) is 6.17. The summed E-state index contributed by atoms with van der Waals surface area (Å²) in [6.07, 6.45) is 0.770. The molecule has 3 aromatic rings. The van der Waals surface area contributed by atoms with Crippen molar-refractivity contribution in [2.24, 2.45) is 0 Å². The number of likely N-dealkylation sites (tertiary alicyclic amines) is 1. The highest BCUT2D eigenvalue weighted by atomic mass is 32.2. The number of ether oxygens (including phenoxy) is 2. The van der Waals surface area contributed by atoms with Gasteiger partial charge in [-0.3, -0.25) is 9.69 Å². The zero-order chi connectivity index (χ0) is 23.5. The third-order valence-corrected chi connectivity index (χ3v) is 7.88. The van der Waals surface area contributed by atoms with E-state index in [0.29, 0.717) is 32.8 Å². The molecule has 0 aromatic heterocycles. The summed E-state index contributed by atoms with van der Waals surface area (Å²) in [4.78, 5) is 18.8. The Morgan fingerprint density at radius 1 is 1.06 bits per heavy atom. The Labute approximate surface area is 203 Å². The molecule has 0 N–H and O–H groups in total. The first-order chi connectivity index (χ1) is 16.6. The molecule has 34 heavy (non-hydrogen) atoms. The van der Waals surface area contributed by atoms with Gasteiger partial charge in [0.25, 0.3) is 0 Å². The van der Waals surface area contributed by atoms with Crippen LogP contribution in [0.5, 0.6) is 5.75 Å². The molecule has 2 heterocycles. The number of amides is 1. The largest absolute Gasteiger partial charge is 0.496 e. The maximum absolute atomic E-state index is 13.6. The van der Waals surface area contributed by atoms with E-state index in [1.54, 1.807) is 18.9 Å². The van der Waals surface area contributed by atoms with Gasteiger partial charge < -0.3 is 14.4 Å². The van der Waals surface area contributed by atoms with E-state index in [2.05, 4.69) is 23.1 Å². The standard InChI is InChI=1S/C27H29FN2O3S/c1-32-26-11-6-19(23-4-2-3-5-24(23)26)17-30-18-22(34-21-9-7-20(28)8-10-21)16-25(30)27(31)29-12-14-33-15-13-29/h2-11,22,25H,12-18H2,1H3/t22-,25+/m1/s1. The van der Waals surface area contributed by atoms with Gasteiger partial charge in [0.15, 0.2) is 0 Å². The van der Waals surface area contributed by atoms with Crippen LogP contribution in [0.15, 0.2) is 65.6 Å².